The molecule has 1 aromatic rings. The maximum Gasteiger partial charge on any atom is 0.490 e. The average molecular weight is 587 g/mol. The van der Waals surface area contributed by atoms with E-state index < -0.39 is 29.5 Å². The first-order valence-electron chi connectivity index (χ1n) is 13.7. The van der Waals surface area contributed by atoms with Crippen LogP contribution in [0.1, 0.15) is 70.4 Å². The van der Waals surface area contributed by atoms with Gasteiger partial charge >= 0.3 is 18.1 Å². The molecule has 3 fully saturated rings. The molecule has 222 valence electrons. The van der Waals surface area contributed by atoms with Crippen molar-refractivity contribution in [3.63, 3.8) is 0 Å². The van der Waals surface area contributed by atoms with E-state index in [0.29, 0.717) is 19.5 Å². The molecule has 4 atom stereocenters. The lowest BCUT2D eigenvalue weighted by molar-refractivity contribution is -0.192. The topological polar surface area (TPSA) is 104 Å². The first-order chi connectivity index (χ1) is 18.9. The maximum absolute atomic E-state index is 13.4. The molecule has 1 aromatic carbocycles. The molecule has 0 saturated carbocycles. The number of fused-ring (bicyclic) bond motifs is 3. The van der Waals surface area contributed by atoms with Crippen LogP contribution >= 0.6 is 11.8 Å². The SMILES string of the molecule is CCCCCCSc1ccc([C@@H]2[C@@H]3C(=O)N(CC)C(=O)[C@@H]3[C@]3(C(=O)OC)CCCCN23)cc1.O=C(O)C(F)(F)F. The normalized spacial score (nSPS) is 26.1. The summed E-state index contributed by atoms with van der Waals surface area (Å²) in [5.74, 6) is -3.61. The van der Waals surface area contributed by atoms with Crippen LogP contribution in [0.3, 0.4) is 0 Å². The Morgan fingerprint density at radius 2 is 1.73 bits per heavy atom. The molecule has 3 heterocycles. The number of halogens is 3. The summed E-state index contributed by atoms with van der Waals surface area (Å²) in [4.78, 5) is 53.7. The number of piperidine rings is 1. The fourth-order valence-corrected chi connectivity index (χ4v) is 7.12. The number of unbranched alkanes of at least 4 members (excludes halogenated alkanes) is 3. The van der Waals surface area contributed by atoms with E-state index in [0.717, 1.165) is 24.2 Å². The third kappa shape index (κ3) is 6.17. The summed E-state index contributed by atoms with van der Waals surface area (Å²) in [6, 6.07) is 8.13. The Labute approximate surface area is 236 Å². The van der Waals surface area contributed by atoms with Crippen LogP contribution in [-0.2, 0) is 23.9 Å². The van der Waals surface area contributed by atoms with Gasteiger partial charge < -0.3 is 9.84 Å². The second kappa shape index (κ2) is 13.4. The molecule has 12 heteroatoms. The summed E-state index contributed by atoms with van der Waals surface area (Å²) in [6.45, 7) is 5.07. The summed E-state index contributed by atoms with van der Waals surface area (Å²) >= 11 is 1.86. The molecular weight excluding hydrogens is 549 g/mol. The molecular formula is C28H37F3N2O6S. The molecule has 1 N–H and O–H groups in total. The predicted octanol–water partition coefficient (Wildman–Crippen LogP) is 5.07. The van der Waals surface area contributed by atoms with Gasteiger partial charge in [0.05, 0.1) is 18.9 Å². The van der Waals surface area contributed by atoms with Gasteiger partial charge in [-0.05, 0) is 62.6 Å². The van der Waals surface area contributed by atoms with Gasteiger partial charge in [0.2, 0.25) is 11.8 Å². The minimum Gasteiger partial charge on any atom is -0.475 e. The van der Waals surface area contributed by atoms with Gasteiger partial charge in [0, 0.05) is 17.5 Å². The van der Waals surface area contributed by atoms with Crippen LogP contribution < -0.4 is 0 Å². The number of thioether (sulfide) groups is 1. The highest BCUT2D eigenvalue weighted by Crippen LogP contribution is 2.58. The van der Waals surface area contributed by atoms with Gasteiger partial charge in [0.25, 0.3) is 0 Å². The predicted molar refractivity (Wildman–Crippen MR) is 142 cm³/mol. The molecule has 0 spiro atoms. The number of carboxylic acid groups (broad SMARTS) is 1. The number of carbonyl (C=O) groups excluding carboxylic acids is 3. The van der Waals surface area contributed by atoms with Crippen LogP contribution in [0.2, 0.25) is 0 Å². The average Bonchev–Trinajstić information content (AvgIpc) is 3.38. The van der Waals surface area contributed by atoms with Gasteiger partial charge in [-0.1, -0.05) is 38.3 Å². The number of hydrogen-bond donors (Lipinski definition) is 1. The molecule has 0 aliphatic carbocycles. The lowest BCUT2D eigenvalue weighted by Gasteiger charge is -2.44. The summed E-state index contributed by atoms with van der Waals surface area (Å²) in [5.41, 5.74) is -0.0433. The van der Waals surface area contributed by atoms with Gasteiger partial charge in [-0.25, -0.2) is 4.79 Å². The Morgan fingerprint density at radius 3 is 2.27 bits per heavy atom. The quantitative estimate of drug-likeness (QED) is 0.185. The van der Waals surface area contributed by atoms with Gasteiger partial charge in [-0.3, -0.25) is 24.2 Å². The van der Waals surface area contributed by atoms with Gasteiger partial charge in [0.1, 0.15) is 5.54 Å². The number of imide groups is 1. The summed E-state index contributed by atoms with van der Waals surface area (Å²) in [5, 5.41) is 7.12. The highest BCUT2D eigenvalue weighted by molar-refractivity contribution is 7.99. The fraction of sp³-hybridized carbons (Fsp3) is 0.643. The van der Waals surface area contributed by atoms with E-state index in [9.17, 15) is 27.6 Å². The summed E-state index contributed by atoms with van der Waals surface area (Å²) in [7, 11) is 1.39. The second-order valence-electron chi connectivity index (χ2n) is 10.2. The first kappa shape index (κ1) is 31.9. The Balaban J connectivity index is 0.000000559. The number of alkyl halides is 3. The summed E-state index contributed by atoms with van der Waals surface area (Å²) < 4.78 is 37.0. The van der Waals surface area contributed by atoms with Crippen molar-refractivity contribution >= 4 is 35.5 Å². The van der Waals surface area contributed by atoms with Crippen molar-refractivity contribution in [2.75, 3.05) is 26.0 Å². The Morgan fingerprint density at radius 1 is 1.07 bits per heavy atom. The van der Waals surface area contributed by atoms with E-state index in [4.69, 9.17) is 14.6 Å². The Hall–Kier alpha value is -2.60. The smallest absolute Gasteiger partial charge is 0.475 e. The van der Waals surface area contributed by atoms with Crippen LogP contribution in [0.25, 0.3) is 0 Å². The molecule has 8 nitrogen and oxygen atoms in total. The fourth-order valence-electron chi connectivity index (χ4n) is 6.21. The van der Waals surface area contributed by atoms with E-state index in [-0.39, 0.29) is 23.8 Å². The minimum atomic E-state index is -5.08. The molecule has 0 aromatic heterocycles. The molecule has 0 bridgehead atoms. The third-order valence-corrected chi connectivity index (χ3v) is 9.04. The van der Waals surface area contributed by atoms with Crippen LogP contribution in [0.15, 0.2) is 29.2 Å². The number of carbonyl (C=O) groups is 4. The molecule has 2 amide bonds. The maximum atomic E-state index is 13.4. The zero-order valence-electron chi connectivity index (χ0n) is 23.0. The number of methoxy groups -OCH3 is 1. The zero-order chi connectivity index (χ0) is 29.7. The van der Waals surface area contributed by atoms with Gasteiger partial charge in [-0.15, -0.1) is 11.8 Å². The van der Waals surface area contributed by atoms with Crippen molar-refractivity contribution in [1.82, 2.24) is 9.80 Å². The monoisotopic (exact) mass is 586 g/mol. The molecule has 3 aliphatic heterocycles. The summed E-state index contributed by atoms with van der Waals surface area (Å²) in [6.07, 6.45) is 2.27. The van der Waals surface area contributed by atoms with E-state index >= 15 is 0 Å². The number of rotatable bonds is 9. The van der Waals surface area contributed by atoms with E-state index in [1.54, 1.807) is 0 Å². The second-order valence-corrected chi connectivity index (χ2v) is 11.4. The highest BCUT2D eigenvalue weighted by Gasteiger charge is 2.72. The number of nitrogens with zero attached hydrogens (tertiary/aromatic N) is 2. The van der Waals surface area contributed by atoms with Crippen LogP contribution in [0.4, 0.5) is 13.2 Å². The van der Waals surface area contributed by atoms with Crippen LogP contribution in [-0.4, -0.2) is 76.3 Å². The molecule has 3 aliphatic rings. The lowest BCUT2D eigenvalue weighted by Crippen LogP contribution is -2.59. The number of carboxylic acids is 1. The number of hydrogen-bond acceptors (Lipinski definition) is 7. The van der Waals surface area contributed by atoms with Crippen molar-refractivity contribution in [2.24, 2.45) is 11.8 Å². The molecule has 4 rings (SSSR count). The number of aliphatic carboxylic acids is 1. The first-order valence-corrected chi connectivity index (χ1v) is 14.7. The third-order valence-electron chi connectivity index (χ3n) is 7.94. The van der Waals surface area contributed by atoms with Gasteiger partial charge in [0.15, 0.2) is 0 Å². The van der Waals surface area contributed by atoms with Crippen molar-refractivity contribution < 1.29 is 42.2 Å². The van der Waals surface area contributed by atoms with Crippen molar-refractivity contribution in [3.8, 4) is 0 Å². The number of esters is 1. The molecule has 0 unspecified atom stereocenters. The van der Waals surface area contributed by atoms with Crippen molar-refractivity contribution in [3.05, 3.63) is 29.8 Å². The number of likely N-dealkylation sites (tertiary alicyclic amines) is 1. The number of amides is 2. The largest absolute Gasteiger partial charge is 0.490 e. The van der Waals surface area contributed by atoms with Gasteiger partial charge in [-0.2, -0.15) is 13.2 Å². The lowest BCUT2D eigenvalue weighted by atomic mass is 9.75. The molecule has 3 saturated heterocycles. The van der Waals surface area contributed by atoms with Crippen molar-refractivity contribution in [2.45, 2.75) is 81.4 Å². The van der Waals surface area contributed by atoms with E-state index in [1.165, 1.54) is 42.6 Å². The minimum absolute atomic E-state index is 0.149. The van der Waals surface area contributed by atoms with Crippen LogP contribution in [0, 0.1) is 11.8 Å². The zero-order valence-corrected chi connectivity index (χ0v) is 23.9. The molecule has 40 heavy (non-hydrogen) atoms. The Bertz CT molecular complexity index is 1080. The standard InChI is InChI=1S/C26H36N2O4S.C2HF3O2/c1-4-6-7-10-17-33-19-13-11-18(12-14-19)22-20-21(24(30)27(5-2)23(20)29)26(25(31)32-3)15-8-9-16-28(22)26;3-2(4,5)1(6)7/h11-14,20-22H,4-10,15-17H2,1-3H3;(H,6,7)/t20-,21-,22-,26+;/m1./s1. The van der Waals surface area contributed by atoms with Crippen LogP contribution in [0.5, 0.6) is 0 Å². The van der Waals surface area contributed by atoms with E-state index in [2.05, 4.69) is 36.1 Å². The van der Waals surface area contributed by atoms with Crippen molar-refractivity contribution in [1.29, 1.82) is 0 Å². The highest BCUT2D eigenvalue weighted by atomic mass is 32.2. The number of ether oxygens (including phenoxy) is 1. The Kier molecular flexibility index (Phi) is 10.7. The molecule has 0 radical (unpaired) electrons. The number of benzene rings is 1. The van der Waals surface area contributed by atoms with E-state index in [1.807, 2.05) is 18.7 Å².